The molecule has 3 rings (SSSR count). The molecular weight excluding hydrogens is 248 g/mol. The SMILES string of the molecule is OC1(O)CCC(=C2CC=CC=C2c2ccccc2)CC1. The fraction of sp³-hybridized carbons (Fsp3) is 0.333. The Morgan fingerprint density at radius 1 is 0.950 bits per heavy atom. The lowest BCUT2D eigenvalue weighted by molar-refractivity contribution is -0.175. The highest BCUT2D eigenvalue weighted by molar-refractivity contribution is 5.82. The molecule has 0 aliphatic heterocycles. The zero-order valence-corrected chi connectivity index (χ0v) is 11.5. The summed E-state index contributed by atoms with van der Waals surface area (Å²) in [6.45, 7) is 0. The number of hydrogen-bond acceptors (Lipinski definition) is 2. The second kappa shape index (κ2) is 5.39. The van der Waals surface area contributed by atoms with Gasteiger partial charge in [0.1, 0.15) is 0 Å². The summed E-state index contributed by atoms with van der Waals surface area (Å²) >= 11 is 0. The van der Waals surface area contributed by atoms with E-state index in [1.165, 1.54) is 22.3 Å². The molecule has 2 aliphatic carbocycles. The second-order valence-electron chi connectivity index (χ2n) is 5.64. The van der Waals surface area contributed by atoms with Crippen LogP contribution in [0.25, 0.3) is 5.57 Å². The van der Waals surface area contributed by atoms with E-state index in [9.17, 15) is 10.2 Å². The van der Waals surface area contributed by atoms with Crippen molar-refractivity contribution in [1.82, 2.24) is 0 Å². The minimum Gasteiger partial charge on any atom is -0.366 e. The third kappa shape index (κ3) is 2.77. The first kappa shape index (κ1) is 13.3. The predicted molar refractivity (Wildman–Crippen MR) is 80.8 cm³/mol. The normalized spacial score (nSPS) is 21.8. The zero-order valence-electron chi connectivity index (χ0n) is 11.5. The lowest BCUT2D eigenvalue weighted by atomic mass is 9.81. The molecule has 0 amide bonds. The average molecular weight is 268 g/mol. The third-order valence-electron chi connectivity index (χ3n) is 4.21. The van der Waals surface area contributed by atoms with Gasteiger partial charge in [-0.3, -0.25) is 0 Å². The van der Waals surface area contributed by atoms with Gasteiger partial charge in [0.05, 0.1) is 0 Å². The van der Waals surface area contributed by atoms with Crippen LogP contribution in [0.15, 0.2) is 59.7 Å². The van der Waals surface area contributed by atoms with Crippen LogP contribution in [0.1, 0.15) is 37.7 Å². The highest BCUT2D eigenvalue weighted by Gasteiger charge is 2.29. The molecule has 2 aliphatic rings. The van der Waals surface area contributed by atoms with E-state index < -0.39 is 5.79 Å². The Kier molecular flexibility index (Phi) is 3.60. The van der Waals surface area contributed by atoms with Crippen LogP contribution in [0.4, 0.5) is 0 Å². The molecule has 1 fully saturated rings. The number of aliphatic hydroxyl groups is 2. The average Bonchev–Trinajstić information content (AvgIpc) is 2.48. The Bertz CT molecular complexity index is 565. The largest absolute Gasteiger partial charge is 0.366 e. The van der Waals surface area contributed by atoms with Crippen molar-refractivity contribution < 1.29 is 10.2 Å². The molecule has 1 aromatic carbocycles. The topological polar surface area (TPSA) is 40.5 Å². The summed E-state index contributed by atoms with van der Waals surface area (Å²) in [5.74, 6) is -1.47. The van der Waals surface area contributed by atoms with Gasteiger partial charge in [-0.05, 0) is 36.0 Å². The van der Waals surface area contributed by atoms with Crippen molar-refractivity contribution in [3.05, 3.63) is 65.3 Å². The van der Waals surface area contributed by atoms with E-state index in [1.54, 1.807) is 0 Å². The van der Waals surface area contributed by atoms with Crippen molar-refractivity contribution >= 4 is 5.57 Å². The molecule has 0 unspecified atom stereocenters. The lowest BCUT2D eigenvalue weighted by Crippen LogP contribution is -2.31. The molecule has 0 spiro atoms. The minimum atomic E-state index is -1.47. The number of rotatable bonds is 1. The highest BCUT2D eigenvalue weighted by Crippen LogP contribution is 2.38. The van der Waals surface area contributed by atoms with Crippen molar-refractivity contribution in [2.75, 3.05) is 0 Å². The molecule has 0 bridgehead atoms. The van der Waals surface area contributed by atoms with Crippen molar-refractivity contribution in [2.45, 2.75) is 37.9 Å². The molecule has 0 radical (unpaired) electrons. The van der Waals surface area contributed by atoms with Crippen LogP contribution in [0, 0.1) is 0 Å². The lowest BCUT2D eigenvalue weighted by Gasteiger charge is -2.30. The smallest absolute Gasteiger partial charge is 0.163 e. The van der Waals surface area contributed by atoms with E-state index in [-0.39, 0.29) is 0 Å². The molecule has 0 saturated heterocycles. The first-order valence-corrected chi connectivity index (χ1v) is 7.24. The second-order valence-corrected chi connectivity index (χ2v) is 5.64. The molecular formula is C18H20O2. The first-order chi connectivity index (χ1) is 9.66. The Morgan fingerprint density at radius 3 is 2.35 bits per heavy atom. The van der Waals surface area contributed by atoms with E-state index in [2.05, 4.69) is 42.5 Å². The van der Waals surface area contributed by atoms with Crippen molar-refractivity contribution in [2.24, 2.45) is 0 Å². The standard InChI is InChI=1S/C18H20O2/c19-18(20)12-10-15(11-13-18)17-9-5-4-8-16(17)14-6-2-1-3-7-14/h1-8,19-20H,9-13H2. The predicted octanol–water partition coefficient (Wildman–Crippen LogP) is 3.58. The van der Waals surface area contributed by atoms with Gasteiger partial charge < -0.3 is 10.2 Å². The van der Waals surface area contributed by atoms with E-state index in [0.29, 0.717) is 12.8 Å². The molecule has 2 N–H and O–H groups in total. The van der Waals surface area contributed by atoms with Crippen LogP contribution < -0.4 is 0 Å². The molecule has 2 heteroatoms. The van der Waals surface area contributed by atoms with E-state index in [4.69, 9.17) is 0 Å². The molecule has 1 aromatic rings. The molecule has 0 aromatic heterocycles. The number of benzene rings is 1. The summed E-state index contributed by atoms with van der Waals surface area (Å²) in [6, 6.07) is 10.4. The number of hydrogen-bond donors (Lipinski definition) is 2. The van der Waals surface area contributed by atoms with Gasteiger partial charge >= 0.3 is 0 Å². The molecule has 0 atom stereocenters. The van der Waals surface area contributed by atoms with Crippen LogP contribution in [0.5, 0.6) is 0 Å². The van der Waals surface area contributed by atoms with Gasteiger partial charge in [0.25, 0.3) is 0 Å². The van der Waals surface area contributed by atoms with E-state index in [1.807, 2.05) is 6.07 Å². The summed E-state index contributed by atoms with van der Waals surface area (Å²) < 4.78 is 0. The fourth-order valence-electron chi connectivity index (χ4n) is 3.04. The van der Waals surface area contributed by atoms with Gasteiger partial charge in [0.15, 0.2) is 5.79 Å². The van der Waals surface area contributed by atoms with E-state index in [0.717, 1.165) is 19.3 Å². The van der Waals surface area contributed by atoms with Crippen LogP contribution in [-0.2, 0) is 0 Å². The van der Waals surface area contributed by atoms with Crippen LogP contribution >= 0.6 is 0 Å². The Labute approximate surface area is 119 Å². The fourth-order valence-corrected chi connectivity index (χ4v) is 3.04. The van der Waals surface area contributed by atoms with Gasteiger partial charge in [-0.15, -0.1) is 0 Å². The van der Waals surface area contributed by atoms with Gasteiger partial charge in [-0.1, -0.05) is 54.1 Å². The summed E-state index contributed by atoms with van der Waals surface area (Å²) in [5.41, 5.74) is 5.27. The molecule has 0 heterocycles. The first-order valence-electron chi connectivity index (χ1n) is 7.24. The van der Waals surface area contributed by atoms with Crippen molar-refractivity contribution in [1.29, 1.82) is 0 Å². The maximum Gasteiger partial charge on any atom is 0.163 e. The van der Waals surface area contributed by atoms with Gasteiger partial charge in [0, 0.05) is 12.8 Å². The Balaban J connectivity index is 1.93. The van der Waals surface area contributed by atoms with Crippen molar-refractivity contribution in [3.63, 3.8) is 0 Å². The van der Waals surface area contributed by atoms with Gasteiger partial charge in [-0.25, -0.2) is 0 Å². The van der Waals surface area contributed by atoms with E-state index >= 15 is 0 Å². The molecule has 2 nitrogen and oxygen atoms in total. The van der Waals surface area contributed by atoms with Gasteiger partial charge in [-0.2, -0.15) is 0 Å². The molecule has 1 saturated carbocycles. The summed E-state index contributed by atoms with van der Waals surface area (Å²) in [5, 5.41) is 19.4. The Morgan fingerprint density at radius 2 is 1.65 bits per heavy atom. The number of allylic oxidation sites excluding steroid dienone is 6. The monoisotopic (exact) mass is 268 g/mol. The van der Waals surface area contributed by atoms with Crippen LogP contribution in [-0.4, -0.2) is 16.0 Å². The Hall–Kier alpha value is -1.64. The molecule has 20 heavy (non-hydrogen) atoms. The highest BCUT2D eigenvalue weighted by atomic mass is 16.5. The summed E-state index contributed by atoms with van der Waals surface area (Å²) in [6.07, 6.45) is 9.84. The minimum absolute atomic E-state index is 0.442. The van der Waals surface area contributed by atoms with Crippen LogP contribution in [0.3, 0.4) is 0 Å². The molecule has 104 valence electrons. The summed E-state index contributed by atoms with van der Waals surface area (Å²) in [4.78, 5) is 0. The summed E-state index contributed by atoms with van der Waals surface area (Å²) in [7, 11) is 0. The quantitative estimate of drug-likeness (QED) is 0.764. The van der Waals surface area contributed by atoms with Crippen LogP contribution in [0.2, 0.25) is 0 Å². The maximum absolute atomic E-state index is 9.68. The maximum atomic E-state index is 9.68. The zero-order chi connectivity index (χ0) is 14.0. The third-order valence-corrected chi connectivity index (χ3v) is 4.21. The van der Waals surface area contributed by atoms with Gasteiger partial charge in [0.2, 0.25) is 0 Å². The van der Waals surface area contributed by atoms with Crippen molar-refractivity contribution in [3.8, 4) is 0 Å².